The Balaban J connectivity index is 3.29. The van der Waals surface area contributed by atoms with Gasteiger partial charge >= 0.3 is 5.69 Å². The van der Waals surface area contributed by atoms with Gasteiger partial charge in [-0.25, -0.2) is 4.79 Å². The van der Waals surface area contributed by atoms with E-state index >= 15 is 0 Å². The first-order chi connectivity index (χ1) is 6.57. The van der Waals surface area contributed by atoms with Gasteiger partial charge in [-0.1, -0.05) is 0 Å². The molecule has 0 saturated heterocycles. The SMILES string of the molecule is Cn1c(N)c(NCC=O)c(=O)[nH]c1=O. The molecule has 0 aliphatic heterocycles. The zero-order valence-electron chi connectivity index (χ0n) is 7.53. The van der Waals surface area contributed by atoms with Crippen LogP contribution in [-0.4, -0.2) is 22.4 Å². The monoisotopic (exact) mass is 198 g/mol. The van der Waals surface area contributed by atoms with Gasteiger partial charge in [0.25, 0.3) is 5.56 Å². The molecule has 1 rings (SSSR count). The molecular formula is C7H10N4O3. The average molecular weight is 198 g/mol. The second-order valence-electron chi connectivity index (χ2n) is 2.63. The zero-order chi connectivity index (χ0) is 10.7. The minimum atomic E-state index is -0.632. The van der Waals surface area contributed by atoms with Crippen molar-refractivity contribution in [3.63, 3.8) is 0 Å². The fourth-order valence-electron chi connectivity index (χ4n) is 0.951. The van der Waals surface area contributed by atoms with E-state index in [1.54, 1.807) is 0 Å². The summed E-state index contributed by atoms with van der Waals surface area (Å²) in [7, 11) is 1.42. The summed E-state index contributed by atoms with van der Waals surface area (Å²) in [6.45, 7) is -0.0362. The maximum Gasteiger partial charge on any atom is 0.329 e. The lowest BCUT2D eigenvalue weighted by molar-refractivity contribution is -0.106. The van der Waals surface area contributed by atoms with Crippen LogP contribution in [0.3, 0.4) is 0 Å². The summed E-state index contributed by atoms with van der Waals surface area (Å²) in [6.07, 6.45) is 0.587. The van der Waals surface area contributed by atoms with Gasteiger partial charge < -0.3 is 15.8 Å². The zero-order valence-corrected chi connectivity index (χ0v) is 7.53. The Bertz CT molecular complexity index is 459. The Labute approximate surface area is 78.5 Å². The maximum absolute atomic E-state index is 11.2. The van der Waals surface area contributed by atoms with E-state index in [0.717, 1.165) is 4.57 Å². The predicted octanol–water partition coefficient (Wildman–Crippen LogP) is -1.73. The number of aromatic amines is 1. The third-order valence-electron chi connectivity index (χ3n) is 1.73. The van der Waals surface area contributed by atoms with Crippen molar-refractivity contribution in [3.05, 3.63) is 20.8 Å². The molecule has 7 heteroatoms. The van der Waals surface area contributed by atoms with Crippen LogP contribution in [0.2, 0.25) is 0 Å². The van der Waals surface area contributed by atoms with Crippen molar-refractivity contribution in [2.24, 2.45) is 7.05 Å². The summed E-state index contributed by atoms with van der Waals surface area (Å²) >= 11 is 0. The van der Waals surface area contributed by atoms with Gasteiger partial charge in [0.05, 0.1) is 6.54 Å². The quantitative estimate of drug-likeness (QED) is 0.500. The number of H-pyrrole nitrogens is 1. The largest absolute Gasteiger partial charge is 0.383 e. The summed E-state index contributed by atoms with van der Waals surface area (Å²) in [5.74, 6) is 0.000556. The molecule has 14 heavy (non-hydrogen) atoms. The Morgan fingerprint density at radius 2 is 2.21 bits per heavy atom. The number of aromatic nitrogens is 2. The van der Waals surface area contributed by atoms with E-state index in [9.17, 15) is 14.4 Å². The van der Waals surface area contributed by atoms with Crippen LogP contribution in [0.1, 0.15) is 0 Å². The number of nitrogens with one attached hydrogen (secondary N) is 2. The maximum atomic E-state index is 11.2. The van der Waals surface area contributed by atoms with E-state index in [2.05, 4.69) is 10.3 Å². The number of nitrogens with zero attached hydrogens (tertiary/aromatic N) is 1. The molecule has 0 aliphatic carbocycles. The highest BCUT2D eigenvalue weighted by Crippen LogP contribution is 2.06. The number of nitrogens with two attached hydrogens (primary N) is 1. The number of anilines is 2. The van der Waals surface area contributed by atoms with E-state index in [1.165, 1.54) is 7.05 Å². The molecule has 0 aliphatic rings. The van der Waals surface area contributed by atoms with Gasteiger partial charge in [0.2, 0.25) is 0 Å². The molecule has 0 unspecified atom stereocenters. The number of rotatable bonds is 3. The van der Waals surface area contributed by atoms with Crippen molar-refractivity contribution in [1.82, 2.24) is 9.55 Å². The first-order valence-electron chi connectivity index (χ1n) is 3.84. The number of aldehydes is 1. The molecule has 0 fully saturated rings. The molecule has 0 radical (unpaired) electrons. The highest BCUT2D eigenvalue weighted by atomic mass is 16.2. The summed E-state index contributed by atoms with van der Waals surface area (Å²) in [5, 5.41) is 2.50. The molecule has 1 aromatic rings. The summed E-state index contributed by atoms with van der Waals surface area (Å²) < 4.78 is 1.08. The van der Waals surface area contributed by atoms with E-state index < -0.39 is 11.2 Å². The van der Waals surface area contributed by atoms with Gasteiger partial charge in [-0.15, -0.1) is 0 Å². The normalized spacial score (nSPS) is 9.79. The van der Waals surface area contributed by atoms with Crippen molar-refractivity contribution in [2.75, 3.05) is 17.6 Å². The van der Waals surface area contributed by atoms with E-state index in [1.807, 2.05) is 0 Å². The minimum absolute atomic E-state index is 0.000556. The molecule has 0 saturated carbocycles. The van der Waals surface area contributed by atoms with Crippen molar-refractivity contribution in [1.29, 1.82) is 0 Å². The van der Waals surface area contributed by atoms with E-state index in [0.29, 0.717) is 6.29 Å². The van der Waals surface area contributed by atoms with E-state index in [4.69, 9.17) is 5.73 Å². The lowest BCUT2D eigenvalue weighted by Gasteiger charge is -2.08. The van der Waals surface area contributed by atoms with Crippen molar-refractivity contribution in [3.8, 4) is 0 Å². The number of hydrogen-bond acceptors (Lipinski definition) is 5. The van der Waals surface area contributed by atoms with Gasteiger partial charge in [-0.05, 0) is 0 Å². The Hall–Kier alpha value is -2.05. The molecule has 76 valence electrons. The van der Waals surface area contributed by atoms with Gasteiger partial charge in [0.15, 0.2) is 0 Å². The molecule has 0 atom stereocenters. The van der Waals surface area contributed by atoms with Crippen molar-refractivity contribution in [2.45, 2.75) is 0 Å². The predicted molar refractivity (Wildman–Crippen MR) is 51.3 cm³/mol. The lowest BCUT2D eigenvalue weighted by Crippen LogP contribution is -2.32. The fraction of sp³-hybridized carbons (Fsp3) is 0.286. The first-order valence-corrected chi connectivity index (χ1v) is 3.84. The smallest absolute Gasteiger partial charge is 0.329 e. The van der Waals surface area contributed by atoms with Crippen LogP contribution in [0.4, 0.5) is 11.5 Å². The number of nitrogen functional groups attached to an aromatic ring is 1. The topological polar surface area (TPSA) is 110 Å². The molecule has 0 amide bonds. The second kappa shape index (κ2) is 3.77. The molecule has 1 heterocycles. The third kappa shape index (κ3) is 1.65. The van der Waals surface area contributed by atoms with Gasteiger partial charge in [0, 0.05) is 7.05 Å². The van der Waals surface area contributed by atoms with Gasteiger partial charge in [-0.3, -0.25) is 14.3 Å². The minimum Gasteiger partial charge on any atom is -0.383 e. The van der Waals surface area contributed by atoms with Crippen LogP contribution in [0.5, 0.6) is 0 Å². The Morgan fingerprint density at radius 1 is 1.57 bits per heavy atom. The number of carbonyl (C=O) groups excluding carboxylic acids is 1. The van der Waals surface area contributed by atoms with Crippen LogP contribution < -0.4 is 22.3 Å². The number of hydrogen-bond donors (Lipinski definition) is 3. The fourth-order valence-corrected chi connectivity index (χ4v) is 0.951. The Kier molecular flexibility index (Phi) is 2.70. The molecular weight excluding hydrogens is 188 g/mol. The van der Waals surface area contributed by atoms with E-state index in [-0.39, 0.29) is 18.1 Å². The third-order valence-corrected chi connectivity index (χ3v) is 1.73. The molecule has 0 aromatic carbocycles. The van der Waals surface area contributed by atoms with Crippen LogP contribution in [-0.2, 0) is 11.8 Å². The summed E-state index contributed by atoms with van der Waals surface area (Å²) in [4.78, 5) is 34.3. The van der Waals surface area contributed by atoms with Crippen LogP contribution in [0.25, 0.3) is 0 Å². The highest BCUT2D eigenvalue weighted by Gasteiger charge is 2.08. The van der Waals surface area contributed by atoms with Crippen LogP contribution >= 0.6 is 0 Å². The molecule has 1 aromatic heterocycles. The second-order valence-corrected chi connectivity index (χ2v) is 2.63. The standard InChI is InChI=1S/C7H10N4O3/c1-11-5(8)4(9-2-3-12)6(13)10-7(11)14/h3,9H,2,8H2,1H3,(H,10,13,14). The lowest BCUT2D eigenvalue weighted by atomic mass is 10.4. The van der Waals surface area contributed by atoms with Crippen LogP contribution in [0, 0.1) is 0 Å². The van der Waals surface area contributed by atoms with Crippen molar-refractivity contribution < 1.29 is 4.79 Å². The molecule has 0 bridgehead atoms. The van der Waals surface area contributed by atoms with Gasteiger partial charge in [-0.2, -0.15) is 0 Å². The summed E-state index contributed by atoms with van der Waals surface area (Å²) in [6, 6.07) is 0. The van der Waals surface area contributed by atoms with Gasteiger partial charge in [0.1, 0.15) is 17.8 Å². The average Bonchev–Trinajstić information content (AvgIpc) is 2.14. The number of carbonyl (C=O) groups is 1. The van der Waals surface area contributed by atoms with Crippen molar-refractivity contribution >= 4 is 17.8 Å². The molecule has 0 spiro atoms. The first kappa shape index (κ1) is 10.0. The molecule has 4 N–H and O–H groups in total. The van der Waals surface area contributed by atoms with Crippen LogP contribution in [0.15, 0.2) is 9.59 Å². The highest BCUT2D eigenvalue weighted by molar-refractivity contribution is 5.65. The Morgan fingerprint density at radius 3 is 2.79 bits per heavy atom. The summed E-state index contributed by atoms with van der Waals surface area (Å²) in [5.41, 5.74) is 4.29. The molecule has 7 nitrogen and oxygen atoms in total.